The quantitative estimate of drug-likeness (QED) is 0.731. The summed E-state index contributed by atoms with van der Waals surface area (Å²) in [5.41, 5.74) is 5.99. The van der Waals surface area contributed by atoms with Crippen LogP contribution in [0.2, 0.25) is 0 Å². The molecule has 0 unspecified atom stereocenters. The van der Waals surface area contributed by atoms with Gasteiger partial charge < -0.3 is 9.80 Å². The molecule has 0 N–H and O–H groups in total. The number of hydrogen-bond donors (Lipinski definition) is 0. The number of aromatic nitrogens is 2. The highest BCUT2D eigenvalue weighted by Gasteiger charge is 2.20. The zero-order valence-corrected chi connectivity index (χ0v) is 14.5. The predicted octanol–water partition coefficient (Wildman–Crippen LogP) is 3.78. The molecule has 25 heavy (non-hydrogen) atoms. The van der Waals surface area contributed by atoms with E-state index in [0.29, 0.717) is 0 Å². The number of piperazine rings is 1. The van der Waals surface area contributed by atoms with Crippen LogP contribution in [0, 0.1) is 6.92 Å². The monoisotopic (exact) mass is 330 g/mol. The fraction of sp³-hybridized carbons (Fsp3) is 0.238. The van der Waals surface area contributed by atoms with Crippen molar-refractivity contribution < 1.29 is 0 Å². The van der Waals surface area contributed by atoms with Crippen molar-refractivity contribution in [2.45, 2.75) is 6.92 Å². The van der Waals surface area contributed by atoms with Crippen LogP contribution in [0.3, 0.4) is 0 Å². The number of aryl methyl sites for hydroxylation is 1. The maximum atomic E-state index is 4.67. The first-order chi connectivity index (χ1) is 12.3. The van der Waals surface area contributed by atoms with Crippen LogP contribution in [0.4, 0.5) is 11.4 Å². The van der Waals surface area contributed by atoms with Crippen LogP contribution >= 0.6 is 0 Å². The van der Waals surface area contributed by atoms with E-state index in [0.717, 1.165) is 31.9 Å². The number of hydrogen-bond acceptors (Lipinski definition) is 4. The van der Waals surface area contributed by atoms with Crippen LogP contribution < -0.4 is 9.80 Å². The second kappa shape index (κ2) is 6.93. The summed E-state index contributed by atoms with van der Waals surface area (Å²) in [7, 11) is 0. The lowest BCUT2D eigenvalue weighted by Crippen LogP contribution is -2.46. The minimum Gasteiger partial charge on any atom is -0.368 e. The van der Waals surface area contributed by atoms with E-state index >= 15 is 0 Å². The Kier molecular flexibility index (Phi) is 4.34. The molecule has 1 fully saturated rings. The van der Waals surface area contributed by atoms with Gasteiger partial charge in [-0.1, -0.05) is 29.8 Å². The normalized spacial score (nSPS) is 14.6. The Morgan fingerprint density at radius 2 is 1.44 bits per heavy atom. The van der Waals surface area contributed by atoms with Crippen LogP contribution in [0.25, 0.3) is 11.3 Å². The van der Waals surface area contributed by atoms with Gasteiger partial charge in [0.05, 0.1) is 11.4 Å². The largest absolute Gasteiger partial charge is 0.368 e. The highest BCUT2D eigenvalue weighted by molar-refractivity contribution is 5.75. The molecule has 0 atom stereocenters. The van der Waals surface area contributed by atoms with Crippen molar-refractivity contribution in [3.63, 3.8) is 0 Å². The van der Waals surface area contributed by atoms with Crippen molar-refractivity contribution >= 4 is 11.4 Å². The maximum absolute atomic E-state index is 4.67. The summed E-state index contributed by atoms with van der Waals surface area (Å²) in [5, 5.41) is 0. The van der Waals surface area contributed by atoms with Gasteiger partial charge in [0, 0.05) is 56.0 Å². The molecule has 4 heteroatoms. The molecule has 0 bridgehead atoms. The molecule has 3 heterocycles. The summed E-state index contributed by atoms with van der Waals surface area (Å²) in [4.78, 5) is 13.6. The Morgan fingerprint density at radius 3 is 2.16 bits per heavy atom. The Hall–Kier alpha value is -2.88. The van der Waals surface area contributed by atoms with Crippen LogP contribution in [0.1, 0.15) is 5.56 Å². The van der Waals surface area contributed by atoms with Gasteiger partial charge in [0.25, 0.3) is 0 Å². The lowest BCUT2D eigenvalue weighted by molar-refractivity contribution is 0.653. The molecule has 0 spiro atoms. The first-order valence-electron chi connectivity index (χ1n) is 8.73. The van der Waals surface area contributed by atoms with Gasteiger partial charge in [0.15, 0.2) is 0 Å². The summed E-state index contributed by atoms with van der Waals surface area (Å²) < 4.78 is 0. The Labute approximate surface area is 148 Å². The molecule has 1 aromatic carbocycles. The van der Waals surface area contributed by atoms with E-state index in [-0.39, 0.29) is 0 Å². The molecular weight excluding hydrogens is 308 g/mol. The van der Waals surface area contributed by atoms with Gasteiger partial charge in [0.2, 0.25) is 0 Å². The van der Waals surface area contributed by atoms with E-state index in [1.165, 1.54) is 22.5 Å². The van der Waals surface area contributed by atoms with Gasteiger partial charge in [-0.25, -0.2) is 0 Å². The first-order valence-corrected chi connectivity index (χ1v) is 8.73. The van der Waals surface area contributed by atoms with Crippen LogP contribution in [0.5, 0.6) is 0 Å². The zero-order chi connectivity index (χ0) is 17.1. The third-order valence-electron chi connectivity index (χ3n) is 4.76. The molecule has 0 amide bonds. The standard InChI is InChI=1S/C21H22N4/c1-17-4-6-18(7-5-17)21-20(3-2-10-23-21)25-15-13-24(14-16-25)19-8-11-22-12-9-19/h2-12H,13-16H2,1H3. The molecule has 0 aliphatic carbocycles. The van der Waals surface area contributed by atoms with E-state index in [2.05, 4.69) is 69.2 Å². The molecule has 4 nitrogen and oxygen atoms in total. The fourth-order valence-electron chi connectivity index (χ4n) is 3.35. The van der Waals surface area contributed by atoms with Gasteiger partial charge >= 0.3 is 0 Å². The number of pyridine rings is 2. The summed E-state index contributed by atoms with van der Waals surface area (Å²) in [5.74, 6) is 0. The number of benzene rings is 1. The molecule has 3 aromatic rings. The Bertz CT molecular complexity index is 822. The van der Waals surface area contributed by atoms with Gasteiger partial charge in [-0.15, -0.1) is 0 Å². The molecule has 2 aromatic heterocycles. The van der Waals surface area contributed by atoms with Gasteiger partial charge in [-0.05, 0) is 31.2 Å². The highest BCUT2D eigenvalue weighted by atomic mass is 15.3. The van der Waals surface area contributed by atoms with Gasteiger partial charge in [-0.2, -0.15) is 0 Å². The SMILES string of the molecule is Cc1ccc(-c2ncccc2N2CCN(c3ccncc3)CC2)cc1. The van der Waals surface area contributed by atoms with E-state index in [1.807, 2.05) is 24.7 Å². The predicted molar refractivity (Wildman–Crippen MR) is 103 cm³/mol. The average Bonchev–Trinajstić information content (AvgIpc) is 2.69. The molecule has 4 rings (SSSR count). The molecule has 0 saturated carbocycles. The van der Waals surface area contributed by atoms with Crippen molar-refractivity contribution in [2.75, 3.05) is 36.0 Å². The van der Waals surface area contributed by atoms with Gasteiger partial charge in [-0.3, -0.25) is 9.97 Å². The van der Waals surface area contributed by atoms with Crippen LogP contribution in [-0.4, -0.2) is 36.1 Å². The molecule has 1 saturated heterocycles. The van der Waals surface area contributed by atoms with Crippen molar-refractivity contribution in [2.24, 2.45) is 0 Å². The summed E-state index contributed by atoms with van der Waals surface area (Å²) in [6, 6.07) is 17.0. The van der Waals surface area contributed by atoms with Crippen molar-refractivity contribution in [1.29, 1.82) is 0 Å². The highest BCUT2D eigenvalue weighted by Crippen LogP contribution is 2.30. The first kappa shape index (κ1) is 15.6. The summed E-state index contributed by atoms with van der Waals surface area (Å²) in [6.45, 7) is 6.11. The lowest BCUT2D eigenvalue weighted by atomic mass is 10.1. The van der Waals surface area contributed by atoms with E-state index in [4.69, 9.17) is 0 Å². The van der Waals surface area contributed by atoms with E-state index in [9.17, 15) is 0 Å². The third-order valence-corrected chi connectivity index (χ3v) is 4.76. The number of nitrogens with zero attached hydrogens (tertiary/aromatic N) is 4. The van der Waals surface area contributed by atoms with Crippen molar-refractivity contribution in [3.05, 3.63) is 72.7 Å². The van der Waals surface area contributed by atoms with Crippen LogP contribution in [0.15, 0.2) is 67.1 Å². The van der Waals surface area contributed by atoms with Crippen molar-refractivity contribution in [3.8, 4) is 11.3 Å². The molecule has 1 aliphatic heterocycles. The number of rotatable bonds is 3. The maximum Gasteiger partial charge on any atom is 0.0935 e. The smallest absolute Gasteiger partial charge is 0.0935 e. The summed E-state index contributed by atoms with van der Waals surface area (Å²) >= 11 is 0. The fourth-order valence-corrected chi connectivity index (χ4v) is 3.35. The zero-order valence-electron chi connectivity index (χ0n) is 14.5. The minimum atomic E-state index is 0.993. The lowest BCUT2D eigenvalue weighted by Gasteiger charge is -2.37. The topological polar surface area (TPSA) is 32.3 Å². The Morgan fingerprint density at radius 1 is 0.760 bits per heavy atom. The van der Waals surface area contributed by atoms with E-state index in [1.54, 1.807) is 0 Å². The number of anilines is 2. The second-order valence-electron chi connectivity index (χ2n) is 6.42. The van der Waals surface area contributed by atoms with E-state index < -0.39 is 0 Å². The third kappa shape index (κ3) is 3.33. The van der Waals surface area contributed by atoms with Crippen molar-refractivity contribution in [1.82, 2.24) is 9.97 Å². The summed E-state index contributed by atoms with van der Waals surface area (Å²) in [6.07, 6.45) is 5.60. The van der Waals surface area contributed by atoms with Gasteiger partial charge in [0.1, 0.15) is 0 Å². The Balaban J connectivity index is 1.55. The molecule has 0 radical (unpaired) electrons. The average molecular weight is 330 g/mol. The molecular formula is C21H22N4. The second-order valence-corrected chi connectivity index (χ2v) is 6.42. The molecule has 1 aliphatic rings. The minimum absolute atomic E-state index is 0.993. The molecule has 126 valence electrons. The van der Waals surface area contributed by atoms with Crippen LogP contribution in [-0.2, 0) is 0 Å².